The van der Waals surface area contributed by atoms with Crippen LogP contribution in [0.4, 0.5) is 0 Å². The molecule has 0 amide bonds. The third-order valence-electron chi connectivity index (χ3n) is 2.37. The minimum Gasteiger partial charge on any atom is -0.378 e. The van der Waals surface area contributed by atoms with Crippen molar-refractivity contribution in [3.8, 4) is 11.8 Å². The highest BCUT2D eigenvalue weighted by Gasteiger charge is 2.06. The lowest BCUT2D eigenvalue weighted by Crippen LogP contribution is -2.14. The van der Waals surface area contributed by atoms with Crippen molar-refractivity contribution in [2.45, 2.75) is 19.4 Å². The Balaban J connectivity index is 2.62. The summed E-state index contributed by atoms with van der Waals surface area (Å²) < 4.78 is 1.21. The lowest BCUT2D eigenvalue weighted by atomic mass is 10.0. The maximum atomic E-state index is 9.63. The number of hydrogen-bond acceptors (Lipinski definition) is 1. The van der Waals surface area contributed by atoms with E-state index < -0.39 is 5.60 Å². The smallest absolute Gasteiger partial charge is 0.120 e. The lowest BCUT2D eigenvalue weighted by molar-refractivity contribution is 0.143. The summed E-state index contributed by atoms with van der Waals surface area (Å²) in [7, 11) is 0. The quantitative estimate of drug-likeness (QED) is 0.576. The highest BCUT2D eigenvalue weighted by molar-refractivity contribution is 14.1. The van der Waals surface area contributed by atoms with E-state index in [0.717, 1.165) is 10.9 Å². The minimum atomic E-state index is -0.954. The molecule has 0 unspecified atom stereocenters. The van der Waals surface area contributed by atoms with Crippen LogP contribution in [0.5, 0.6) is 0 Å². The molecule has 0 aliphatic rings. The first-order valence-electron chi connectivity index (χ1n) is 5.40. The summed E-state index contributed by atoms with van der Waals surface area (Å²) in [6.45, 7) is 3.38. The van der Waals surface area contributed by atoms with Gasteiger partial charge in [0.05, 0.1) is 0 Å². The van der Waals surface area contributed by atoms with Crippen LogP contribution in [-0.4, -0.2) is 10.7 Å². The van der Waals surface area contributed by atoms with Gasteiger partial charge < -0.3 is 5.11 Å². The van der Waals surface area contributed by atoms with Crippen molar-refractivity contribution < 1.29 is 5.11 Å². The Morgan fingerprint density at radius 3 is 2.41 bits per heavy atom. The zero-order valence-corrected chi connectivity index (χ0v) is 11.9. The number of hydrogen-bond donors (Lipinski definition) is 1. The van der Waals surface area contributed by atoms with Gasteiger partial charge in [-0.15, -0.1) is 0 Å². The van der Waals surface area contributed by atoms with E-state index in [1.54, 1.807) is 13.8 Å². The van der Waals surface area contributed by atoms with E-state index in [0.29, 0.717) is 0 Å². The van der Waals surface area contributed by atoms with E-state index in [-0.39, 0.29) is 0 Å². The maximum Gasteiger partial charge on any atom is 0.120 e. The Bertz CT molecular complexity index is 612. The second-order valence-electron chi connectivity index (χ2n) is 4.45. The molecule has 0 aliphatic carbocycles. The van der Waals surface area contributed by atoms with Crippen molar-refractivity contribution >= 4 is 33.4 Å². The highest BCUT2D eigenvalue weighted by Crippen LogP contribution is 2.23. The lowest BCUT2D eigenvalue weighted by Gasteiger charge is -2.07. The van der Waals surface area contributed by atoms with Gasteiger partial charge >= 0.3 is 0 Å². The molecule has 2 aromatic carbocycles. The van der Waals surface area contributed by atoms with E-state index in [9.17, 15) is 5.11 Å². The second-order valence-corrected chi connectivity index (χ2v) is 5.61. The van der Waals surface area contributed by atoms with Crippen molar-refractivity contribution in [2.75, 3.05) is 0 Å². The van der Waals surface area contributed by atoms with Gasteiger partial charge in [-0.25, -0.2) is 0 Å². The fraction of sp³-hybridized carbons (Fsp3) is 0.200. The van der Waals surface area contributed by atoms with Crippen LogP contribution in [0.1, 0.15) is 19.4 Å². The van der Waals surface area contributed by atoms with Gasteiger partial charge in [0.15, 0.2) is 0 Å². The molecule has 1 nitrogen and oxygen atoms in total. The Labute approximate surface area is 115 Å². The number of aliphatic hydroxyl groups is 1. The minimum absolute atomic E-state index is 0.954. The van der Waals surface area contributed by atoms with Crippen LogP contribution in [0.15, 0.2) is 36.4 Å². The van der Waals surface area contributed by atoms with E-state index in [1.807, 2.05) is 18.2 Å². The molecule has 0 aromatic heterocycles. The van der Waals surface area contributed by atoms with Gasteiger partial charge in [0.25, 0.3) is 0 Å². The molecular formula is C15H13IO. The largest absolute Gasteiger partial charge is 0.378 e. The van der Waals surface area contributed by atoms with Crippen LogP contribution in [0.25, 0.3) is 10.8 Å². The molecule has 0 saturated heterocycles. The summed E-state index contributed by atoms with van der Waals surface area (Å²) in [5.74, 6) is 5.90. The summed E-state index contributed by atoms with van der Waals surface area (Å²) in [4.78, 5) is 0. The number of benzene rings is 2. The maximum absolute atomic E-state index is 9.63. The van der Waals surface area contributed by atoms with E-state index in [1.165, 1.54) is 8.96 Å². The van der Waals surface area contributed by atoms with Crippen LogP contribution in [0, 0.1) is 15.4 Å². The van der Waals surface area contributed by atoms with Crippen LogP contribution in [-0.2, 0) is 0 Å². The molecule has 1 N–H and O–H groups in total. The van der Waals surface area contributed by atoms with E-state index in [2.05, 4.69) is 52.6 Å². The molecule has 0 spiro atoms. The van der Waals surface area contributed by atoms with E-state index in [4.69, 9.17) is 0 Å². The Morgan fingerprint density at radius 1 is 1.06 bits per heavy atom. The predicted octanol–water partition coefficient (Wildman–Crippen LogP) is 3.57. The highest BCUT2D eigenvalue weighted by atomic mass is 127. The van der Waals surface area contributed by atoms with Gasteiger partial charge in [-0.05, 0) is 59.3 Å². The fourth-order valence-electron chi connectivity index (χ4n) is 1.60. The number of fused-ring (bicyclic) bond motifs is 1. The first-order chi connectivity index (χ1) is 7.97. The zero-order valence-electron chi connectivity index (χ0n) is 9.79. The number of rotatable bonds is 0. The molecule has 0 atom stereocenters. The molecule has 0 radical (unpaired) electrons. The average molecular weight is 336 g/mol. The Hall–Kier alpha value is -1.05. The van der Waals surface area contributed by atoms with Crippen LogP contribution in [0.3, 0.4) is 0 Å². The summed E-state index contributed by atoms with van der Waals surface area (Å²) in [5, 5.41) is 12.0. The van der Waals surface area contributed by atoms with Gasteiger partial charge in [-0.2, -0.15) is 0 Å². The molecule has 2 heteroatoms. The van der Waals surface area contributed by atoms with Crippen LogP contribution < -0.4 is 0 Å². The molecule has 0 aliphatic heterocycles. The molecule has 0 fully saturated rings. The van der Waals surface area contributed by atoms with Gasteiger partial charge in [0.1, 0.15) is 5.60 Å². The molecule has 0 saturated carbocycles. The van der Waals surface area contributed by atoms with Crippen molar-refractivity contribution in [3.05, 3.63) is 45.5 Å². The third kappa shape index (κ3) is 2.99. The molecular weight excluding hydrogens is 323 g/mol. The Kier molecular flexibility index (Phi) is 3.41. The molecule has 0 heterocycles. The third-order valence-corrected chi connectivity index (χ3v) is 3.31. The van der Waals surface area contributed by atoms with Gasteiger partial charge in [0, 0.05) is 9.13 Å². The normalized spacial score (nSPS) is 11.1. The topological polar surface area (TPSA) is 20.2 Å². The van der Waals surface area contributed by atoms with Crippen molar-refractivity contribution in [1.29, 1.82) is 0 Å². The van der Waals surface area contributed by atoms with E-state index >= 15 is 0 Å². The van der Waals surface area contributed by atoms with Gasteiger partial charge in [0.2, 0.25) is 0 Å². The predicted molar refractivity (Wildman–Crippen MR) is 79.8 cm³/mol. The summed E-state index contributed by atoms with van der Waals surface area (Å²) in [6.07, 6.45) is 0. The summed E-state index contributed by atoms with van der Waals surface area (Å²) in [5.41, 5.74) is 0.00698. The molecule has 2 aromatic rings. The van der Waals surface area contributed by atoms with Gasteiger partial charge in [-0.3, -0.25) is 0 Å². The van der Waals surface area contributed by atoms with Crippen molar-refractivity contribution in [1.82, 2.24) is 0 Å². The molecule has 86 valence electrons. The SMILES string of the molecule is CC(C)(O)C#Cc1cccc2c(I)cccc12. The van der Waals surface area contributed by atoms with Crippen LogP contribution >= 0.6 is 22.6 Å². The monoisotopic (exact) mass is 336 g/mol. The Morgan fingerprint density at radius 2 is 1.71 bits per heavy atom. The first-order valence-corrected chi connectivity index (χ1v) is 6.48. The summed E-state index contributed by atoms with van der Waals surface area (Å²) >= 11 is 2.32. The number of halogens is 1. The fourth-order valence-corrected chi connectivity index (χ4v) is 2.28. The standard InChI is InChI=1S/C15H13IO/c1-15(2,17)10-9-11-5-3-7-13-12(11)6-4-8-14(13)16/h3-8,17H,1-2H3. The van der Waals surface area contributed by atoms with Gasteiger partial charge in [-0.1, -0.05) is 36.1 Å². The second kappa shape index (κ2) is 4.67. The molecule has 17 heavy (non-hydrogen) atoms. The van der Waals surface area contributed by atoms with Crippen molar-refractivity contribution in [3.63, 3.8) is 0 Å². The average Bonchev–Trinajstić information content (AvgIpc) is 2.26. The van der Waals surface area contributed by atoms with Crippen molar-refractivity contribution in [2.24, 2.45) is 0 Å². The first kappa shape index (κ1) is 12.4. The summed E-state index contributed by atoms with van der Waals surface area (Å²) in [6, 6.07) is 12.2. The molecule has 0 bridgehead atoms. The van der Waals surface area contributed by atoms with Crippen LogP contribution in [0.2, 0.25) is 0 Å². The zero-order chi connectivity index (χ0) is 12.5. The molecule has 2 rings (SSSR count).